The van der Waals surface area contributed by atoms with Crippen LogP contribution in [-0.2, 0) is 14.3 Å². The Kier molecular flexibility index (Phi) is 2.69. The van der Waals surface area contributed by atoms with Gasteiger partial charge < -0.3 is 14.6 Å². The van der Waals surface area contributed by atoms with E-state index < -0.39 is 5.60 Å². The number of rotatable bonds is 4. The van der Waals surface area contributed by atoms with Crippen molar-refractivity contribution in [1.29, 1.82) is 0 Å². The topological polar surface area (TPSA) is 59.1 Å². The predicted molar refractivity (Wildman–Crippen MR) is 41.6 cm³/mol. The Hall–Kier alpha value is -0.610. The van der Waals surface area contributed by atoms with Gasteiger partial charge in [-0.15, -0.1) is 0 Å². The first-order valence-corrected chi connectivity index (χ1v) is 4.02. The van der Waals surface area contributed by atoms with E-state index in [0.29, 0.717) is 6.61 Å². The van der Waals surface area contributed by atoms with Gasteiger partial charge in [-0.3, -0.25) is 4.79 Å². The summed E-state index contributed by atoms with van der Waals surface area (Å²) in [6.07, 6.45) is 0.0498. The molecule has 1 heterocycles. The Balaban J connectivity index is 2.26. The smallest absolute Gasteiger partial charge is 0.309 e. The lowest BCUT2D eigenvalue weighted by Crippen LogP contribution is -2.24. The largest absolute Gasteiger partial charge is 0.463 e. The summed E-state index contributed by atoms with van der Waals surface area (Å²) in [6, 6.07) is 0. The number of esters is 1. The SMILES string of the molecule is CC(C)OC(=O)CC1(CO)CO1. The van der Waals surface area contributed by atoms with Gasteiger partial charge in [0.25, 0.3) is 0 Å². The van der Waals surface area contributed by atoms with E-state index in [1.165, 1.54) is 0 Å². The van der Waals surface area contributed by atoms with Crippen LogP contribution in [-0.4, -0.2) is 36.0 Å². The van der Waals surface area contributed by atoms with Gasteiger partial charge in [-0.25, -0.2) is 0 Å². The maximum atomic E-state index is 11.1. The lowest BCUT2D eigenvalue weighted by Gasteiger charge is -2.10. The van der Waals surface area contributed by atoms with Crippen LogP contribution < -0.4 is 0 Å². The third kappa shape index (κ3) is 2.46. The molecule has 4 nitrogen and oxygen atoms in total. The van der Waals surface area contributed by atoms with Gasteiger partial charge in [-0.05, 0) is 13.8 Å². The molecule has 0 amide bonds. The van der Waals surface area contributed by atoms with Crippen molar-refractivity contribution in [3.8, 4) is 0 Å². The first-order chi connectivity index (χ1) is 5.58. The monoisotopic (exact) mass is 174 g/mol. The summed E-state index contributed by atoms with van der Waals surface area (Å²) in [5.74, 6) is -0.309. The molecule has 1 atom stereocenters. The summed E-state index contributed by atoms with van der Waals surface area (Å²) in [5, 5.41) is 8.81. The number of epoxide rings is 1. The van der Waals surface area contributed by atoms with E-state index in [4.69, 9.17) is 14.6 Å². The molecule has 1 N–H and O–H groups in total. The molecule has 0 aromatic carbocycles. The van der Waals surface area contributed by atoms with Gasteiger partial charge in [0.05, 0.1) is 25.7 Å². The Morgan fingerprint density at radius 2 is 2.33 bits per heavy atom. The molecule has 0 aromatic rings. The second-order valence-electron chi connectivity index (χ2n) is 3.35. The van der Waals surface area contributed by atoms with Crippen LogP contribution in [0.4, 0.5) is 0 Å². The number of hydrogen-bond donors (Lipinski definition) is 1. The lowest BCUT2D eigenvalue weighted by atomic mass is 10.1. The van der Waals surface area contributed by atoms with E-state index in [2.05, 4.69) is 0 Å². The fraction of sp³-hybridized carbons (Fsp3) is 0.875. The molecule has 1 aliphatic heterocycles. The first kappa shape index (κ1) is 9.48. The zero-order valence-corrected chi connectivity index (χ0v) is 7.37. The predicted octanol–water partition coefficient (Wildman–Crippen LogP) is 0.0894. The summed E-state index contributed by atoms with van der Waals surface area (Å²) in [5.41, 5.74) is -0.619. The highest BCUT2D eigenvalue weighted by atomic mass is 16.6. The number of ether oxygens (including phenoxy) is 2. The quantitative estimate of drug-likeness (QED) is 0.484. The molecular formula is C8H14O4. The van der Waals surface area contributed by atoms with Gasteiger partial charge in [0.1, 0.15) is 5.60 Å². The summed E-state index contributed by atoms with van der Waals surface area (Å²) >= 11 is 0. The number of aliphatic hydroxyl groups excluding tert-OH is 1. The normalized spacial score (nSPS) is 27.3. The lowest BCUT2D eigenvalue weighted by molar-refractivity contribution is -0.149. The number of hydrogen-bond acceptors (Lipinski definition) is 4. The highest BCUT2D eigenvalue weighted by Crippen LogP contribution is 2.30. The van der Waals surface area contributed by atoms with Gasteiger partial charge in [0.15, 0.2) is 0 Å². The number of carbonyl (C=O) groups excluding carboxylic acids is 1. The molecule has 0 spiro atoms. The molecule has 12 heavy (non-hydrogen) atoms. The van der Waals surface area contributed by atoms with E-state index in [1.54, 1.807) is 13.8 Å². The van der Waals surface area contributed by atoms with Crippen LogP contribution in [0.5, 0.6) is 0 Å². The average molecular weight is 174 g/mol. The van der Waals surface area contributed by atoms with E-state index in [1.807, 2.05) is 0 Å². The van der Waals surface area contributed by atoms with E-state index in [0.717, 1.165) is 0 Å². The van der Waals surface area contributed by atoms with Crippen molar-refractivity contribution in [1.82, 2.24) is 0 Å². The second-order valence-corrected chi connectivity index (χ2v) is 3.35. The summed E-state index contributed by atoms with van der Waals surface area (Å²) in [6.45, 7) is 3.92. The molecule has 0 aliphatic carbocycles. The Bertz CT molecular complexity index is 172. The van der Waals surface area contributed by atoms with Gasteiger partial charge in [-0.1, -0.05) is 0 Å². The highest BCUT2D eigenvalue weighted by Gasteiger charge is 2.46. The minimum absolute atomic E-state index is 0.105. The molecule has 1 fully saturated rings. The van der Waals surface area contributed by atoms with Gasteiger partial charge >= 0.3 is 5.97 Å². The van der Waals surface area contributed by atoms with E-state index >= 15 is 0 Å². The molecule has 70 valence electrons. The minimum atomic E-state index is -0.619. The minimum Gasteiger partial charge on any atom is -0.463 e. The summed E-state index contributed by atoms with van der Waals surface area (Å²) < 4.78 is 9.84. The first-order valence-electron chi connectivity index (χ1n) is 4.02. The third-order valence-electron chi connectivity index (χ3n) is 1.67. The van der Waals surface area contributed by atoms with Crippen molar-refractivity contribution in [3.05, 3.63) is 0 Å². The number of carbonyl (C=O) groups is 1. The zero-order valence-electron chi connectivity index (χ0n) is 7.37. The summed E-state index contributed by atoms with van der Waals surface area (Å²) in [7, 11) is 0. The maximum Gasteiger partial charge on any atom is 0.309 e. The van der Waals surface area contributed by atoms with Crippen LogP contribution in [0.25, 0.3) is 0 Å². The molecule has 0 radical (unpaired) electrons. The number of aliphatic hydroxyl groups is 1. The van der Waals surface area contributed by atoms with Gasteiger partial charge in [-0.2, -0.15) is 0 Å². The van der Waals surface area contributed by atoms with Gasteiger partial charge in [0.2, 0.25) is 0 Å². The van der Waals surface area contributed by atoms with Crippen molar-refractivity contribution in [2.75, 3.05) is 13.2 Å². The Labute approximate surface area is 71.5 Å². The molecule has 0 bridgehead atoms. The van der Waals surface area contributed by atoms with E-state index in [-0.39, 0.29) is 25.1 Å². The van der Waals surface area contributed by atoms with Gasteiger partial charge in [0, 0.05) is 0 Å². The van der Waals surface area contributed by atoms with Crippen LogP contribution in [0.2, 0.25) is 0 Å². The molecular weight excluding hydrogens is 160 g/mol. The molecule has 0 aromatic heterocycles. The van der Waals surface area contributed by atoms with Crippen molar-refractivity contribution in [3.63, 3.8) is 0 Å². The molecule has 0 saturated carbocycles. The van der Waals surface area contributed by atoms with Crippen LogP contribution in [0, 0.1) is 0 Å². The molecule has 1 unspecified atom stereocenters. The van der Waals surface area contributed by atoms with Crippen molar-refractivity contribution in [2.45, 2.75) is 32.0 Å². The molecule has 4 heteroatoms. The third-order valence-corrected chi connectivity index (χ3v) is 1.67. The van der Waals surface area contributed by atoms with Crippen molar-refractivity contribution in [2.24, 2.45) is 0 Å². The zero-order chi connectivity index (χ0) is 9.19. The molecule has 1 rings (SSSR count). The second kappa shape index (κ2) is 3.41. The van der Waals surface area contributed by atoms with Crippen LogP contribution in [0.3, 0.4) is 0 Å². The average Bonchev–Trinajstić information content (AvgIpc) is 2.67. The Morgan fingerprint density at radius 3 is 2.67 bits per heavy atom. The molecule has 1 saturated heterocycles. The van der Waals surface area contributed by atoms with E-state index in [9.17, 15) is 4.79 Å². The van der Waals surface area contributed by atoms with Crippen LogP contribution in [0.15, 0.2) is 0 Å². The fourth-order valence-corrected chi connectivity index (χ4v) is 0.919. The van der Waals surface area contributed by atoms with Crippen LogP contribution >= 0.6 is 0 Å². The van der Waals surface area contributed by atoms with Crippen molar-refractivity contribution < 1.29 is 19.4 Å². The standard InChI is InChI=1S/C8H14O4/c1-6(2)12-7(10)3-8(4-9)5-11-8/h6,9H,3-5H2,1-2H3. The fourth-order valence-electron chi connectivity index (χ4n) is 0.919. The van der Waals surface area contributed by atoms with Crippen LogP contribution in [0.1, 0.15) is 20.3 Å². The molecule has 1 aliphatic rings. The maximum absolute atomic E-state index is 11.1. The van der Waals surface area contributed by atoms with Crippen molar-refractivity contribution >= 4 is 5.97 Å². The summed E-state index contributed by atoms with van der Waals surface area (Å²) in [4.78, 5) is 11.1. The highest BCUT2D eigenvalue weighted by molar-refractivity contribution is 5.71. The Morgan fingerprint density at radius 1 is 1.75 bits per heavy atom.